The van der Waals surface area contributed by atoms with E-state index in [0.29, 0.717) is 0 Å². The highest BCUT2D eigenvalue weighted by Crippen LogP contribution is 2.35. The van der Waals surface area contributed by atoms with Crippen LogP contribution in [0.15, 0.2) is 12.1 Å². The molecule has 1 aliphatic rings. The van der Waals surface area contributed by atoms with Gasteiger partial charge in [-0.3, -0.25) is 4.98 Å². The summed E-state index contributed by atoms with van der Waals surface area (Å²) in [7, 11) is 2.00. The van der Waals surface area contributed by atoms with E-state index in [0.717, 1.165) is 28.8 Å². The van der Waals surface area contributed by atoms with Gasteiger partial charge in [-0.1, -0.05) is 18.0 Å². The summed E-state index contributed by atoms with van der Waals surface area (Å²) in [4.78, 5) is 4.85. The van der Waals surface area contributed by atoms with Gasteiger partial charge in [0, 0.05) is 23.8 Å². The minimum atomic E-state index is 0.763. The van der Waals surface area contributed by atoms with Gasteiger partial charge < -0.3 is 5.32 Å². The highest BCUT2D eigenvalue weighted by molar-refractivity contribution is 6.35. The third-order valence-electron chi connectivity index (χ3n) is 3.96. The van der Waals surface area contributed by atoms with Crippen molar-refractivity contribution in [2.75, 3.05) is 12.4 Å². The summed E-state index contributed by atoms with van der Waals surface area (Å²) in [6.45, 7) is 2.08. The van der Waals surface area contributed by atoms with E-state index in [-0.39, 0.29) is 0 Å². The Morgan fingerprint density at radius 2 is 1.95 bits per heavy atom. The number of aryl methyl sites for hydroxylation is 2. The first-order chi connectivity index (χ1) is 9.20. The number of hydrogen-bond acceptors (Lipinski definition) is 2. The molecule has 1 aromatic heterocycles. The number of anilines is 1. The maximum atomic E-state index is 6.38. The van der Waals surface area contributed by atoms with Gasteiger partial charge in [-0.05, 0) is 55.9 Å². The molecular formula is C16H19ClN2. The van der Waals surface area contributed by atoms with Gasteiger partial charge >= 0.3 is 0 Å². The normalized spacial score (nSPS) is 15.1. The predicted octanol–water partition coefficient (Wildman–Crippen LogP) is 4.51. The molecule has 2 aromatic rings. The second kappa shape index (κ2) is 5.01. The van der Waals surface area contributed by atoms with Crippen LogP contribution in [0.4, 0.5) is 5.69 Å². The lowest BCUT2D eigenvalue weighted by molar-refractivity contribution is 0.709. The first-order valence-corrected chi connectivity index (χ1v) is 7.38. The summed E-state index contributed by atoms with van der Waals surface area (Å²) in [5.74, 6) is 0. The van der Waals surface area contributed by atoms with Crippen molar-refractivity contribution in [2.45, 2.75) is 39.0 Å². The first-order valence-electron chi connectivity index (χ1n) is 7.00. The number of rotatable bonds is 1. The molecule has 2 nitrogen and oxygen atoms in total. The summed E-state index contributed by atoms with van der Waals surface area (Å²) >= 11 is 6.38. The van der Waals surface area contributed by atoms with Crippen molar-refractivity contribution in [3.05, 3.63) is 34.0 Å². The number of pyridine rings is 1. The smallest absolute Gasteiger partial charge is 0.0912 e. The third kappa shape index (κ3) is 2.18. The van der Waals surface area contributed by atoms with Gasteiger partial charge in [-0.15, -0.1) is 0 Å². The molecule has 0 aliphatic heterocycles. The maximum absolute atomic E-state index is 6.38. The molecule has 0 radical (unpaired) electrons. The number of hydrogen-bond donors (Lipinski definition) is 1. The van der Waals surface area contributed by atoms with E-state index in [1.165, 1.54) is 41.8 Å². The minimum absolute atomic E-state index is 0.763. The lowest BCUT2D eigenvalue weighted by atomic mass is 10.0. The van der Waals surface area contributed by atoms with Crippen LogP contribution >= 0.6 is 11.6 Å². The molecule has 0 atom stereocenters. The van der Waals surface area contributed by atoms with Crippen LogP contribution in [0.1, 0.15) is 36.1 Å². The molecule has 0 bridgehead atoms. The van der Waals surface area contributed by atoms with Gasteiger partial charge in [0.15, 0.2) is 0 Å². The van der Waals surface area contributed by atoms with Gasteiger partial charge in [0.2, 0.25) is 0 Å². The van der Waals surface area contributed by atoms with E-state index in [9.17, 15) is 0 Å². The summed E-state index contributed by atoms with van der Waals surface area (Å²) in [5.41, 5.74) is 5.99. The Labute approximate surface area is 119 Å². The van der Waals surface area contributed by atoms with Gasteiger partial charge in [-0.2, -0.15) is 0 Å². The van der Waals surface area contributed by atoms with Crippen LogP contribution in [-0.2, 0) is 12.8 Å². The van der Waals surface area contributed by atoms with E-state index in [1.54, 1.807) is 0 Å². The first kappa shape index (κ1) is 12.7. The van der Waals surface area contributed by atoms with E-state index < -0.39 is 0 Å². The Kier molecular flexibility index (Phi) is 3.36. The number of halogens is 1. The predicted molar refractivity (Wildman–Crippen MR) is 82.3 cm³/mol. The molecule has 0 saturated heterocycles. The molecule has 100 valence electrons. The molecule has 0 saturated carbocycles. The fourth-order valence-electron chi connectivity index (χ4n) is 3.08. The minimum Gasteiger partial charge on any atom is -0.387 e. The van der Waals surface area contributed by atoms with E-state index in [4.69, 9.17) is 16.6 Å². The highest BCUT2D eigenvalue weighted by atomic mass is 35.5. The molecule has 3 rings (SSSR count). The molecule has 3 heteroatoms. The monoisotopic (exact) mass is 274 g/mol. The Bertz CT molecular complexity index is 634. The lowest BCUT2D eigenvalue weighted by Gasteiger charge is -2.16. The zero-order valence-corrected chi connectivity index (χ0v) is 12.3. The molecule has 1 N–H and O–H groups in total. The standard InChI is InChI=1S/C16H19ClN2/c1-10-8-12-15(18-2)11-6-4-3-5-7-14(11)19-16(12)13(17)9-10/h8-9H,3-7H2,1-2H3,(H,18,19). The number of fused-ring (bicyclic) bond motifs is 2. The van der Waals surface area contributed by atoms with Gasteiger partial charge in [0.05, 0.1) is 10.5 Å². The van der Waals surface area contributed by atoms with Crippen LogP contribution in [0.25, 0.3) is 10.9 Å². The number of benzene rings is 1. The van der Waals surface area contributed by atoms with Crippen molar-refractivity contribution < 1.29 is 0 Å². The largest absolute Gasteiger partial charge is 0.387 e. The van der Waals surface area contributed by atoms with Crippen LogP contribution in [0.5, 0.6) is 0 Å². The third-order valence-corrected chi connectivity index (χ3v) is 4.25. The van der Waals surface area contributed by atoms with Crippen molar-refractivity contribution >= 4 is 28.2 Å². The Balaban J connectivity index is 2.36. The van der Waals surface area contributed by atoms with Gasteiger partial charge in [-0.25, -0.2) is 0 Å². The van der Waals surface area contributed by atoms with Gasteiger partial charge in [0.25, 0.3) is 0 Å². The number of aromatic nitrogens is 1. The van der Waals surface area contributed by atoms with Crippen LogP contribution in [-0.4, -0.2) is 12.0 Å². The van der Waals surface area contributed by atoms with Gasteiger partial charge in [0.1, 0.15) is 0 Å². The quantitative estimate of drug-likeness (QED) is 0.774. The second-order valence-corrected chi connectivity index (χ2v) is 5.77. The van der Waals surface area contributed by atoms with Crippen LogP contribution in [0.3, 0.4) is 0 Å². The number of nitrogens with zero attached hydrogens (tertiary/aromatic N) is 1. The fourth-order valence-corrected chi connectivity index (χ4v) is 3.40. The molecule has 1 aromatic carbocycles. The van der Waals surface area contributed by atoms with E-state index in [1.807, 2.05) is 13.1 Å². The van der Waals surface area contributed by atoms with E-state index in [2.05, 4.69) is 18.3 Å². The molecule has 1 aliphatic carbocycles. The fraction of sp³-hybridized carbons (Fsp3) is 0.438. The summed E-state index contributed by atoms with van der Waals surface area (Å²) in [5, 5.41) is 5.30. The van der Waals surface area contributed by atoms with Crippen LogP contribution < -0.4 is 5.32 Å². The Hall–Kier alpha value is -1.28. The molecule has 19 heavy (non-hydrogen) atoms. The Morgan fingerprint density at radius 3 is 2.74 bits per heavy atom. The highest BCUT2D eigenvalue weighted by Gasteiger charge is 2.17. The lowest BCUT2D eigenvalue weighted by Crippen LogP contribution is -2.04. The summed E-state index contributed by atoms with van der Waals surface area (Å²) < 4.78 is 0. The van der Waals surface area contributed by atoms with Crippen molar-refractivity contribution in [2.24, 2.45) is 0 Å². The van der Waals surface area contributed by atoms with Crippen LogP contribution in [0.2, 0.25) is 5.02 Å². The molecule has 0 unspecified atom stereocenters. The zero-order valence-electron chi connectivity index (χ0n) is 11.5. The van der Waals surface area contributed by atoms with Crippen molar-refractivity contribution in [1.82, 2.24) is 4.98 Å². The average molecular weight is 275 g/mol. The SMILES string of the molecule is CNc1c2c(nc3c(Cl)cc(C)cc13)CCCCC2. The topological polar surface area (TPSA) is 24.9 Å². The summed E-state index contributed by atoms with van der Waals surface area (Å²) in [6, 6.07) is 4.19. The second-order valence-electron chi connectivity index (χ2n) is 5.37. The zero-order chi connectivity index (χ0) is 13.4. The number of nitrogens with one attached hydrogen (secondary N) is 1. The molecule has 0 fully saturated rings. The molecule has 0 spiro atoms. The maximum Gasteiger partial charge on any atom is 0.0912 e. The van der Waals surface area contributed by atoms with Crippen LogP contribution in [0, 0.1) is 6.92 Å². The van der Waals surface area contributed by atoms with Crippen molar-refractivity contribution in [3.63, 3.8) is 0 Å². The van der Waals surface area contributed by atoms with E-state index >= 15 is 0 Å². The molecular weight excluding hydrogens is 256 g/mol. The van der Waals surface area contributed by atoms with Crippen molar-refractivity contribution in [1.29, 1.82) is 0 Å². The average Bonchev–Trinajstić information content (AvgIpc) is 2.61. The molecule has 0 amide bonds. The summed E-state index contributed by atoms with van der Waals surface area (Å²) in [6.07, 6.45) is 5.99. The Morgan fingerprint density at radius 1 is 1.16 bits per heavy atom. The molecule has 1 heterocycles. The van der Waals surface area contributed by atoms with Crippen molar-refractivity contribution in [3.8, 4) is 0 Å².